The largest absolute Gasteiger partial charge is 0.427 e. The summed E-state index contributed by atoms with van der Waals surface area (Å²) < 4.78 is 5.98. The second-order valence-electron chi connectivity index (χ2n) is 4.20. The Labute approximate surface area is 128 Å². The van der Waals surface area contributed by atoms with E-state index in [-0.39, 0.29) is 16.4 Å². The number of hydrogen-bond acceptors (Lipinski definition) is 5. The maximum absolute atomic E-state index is 12.1. The zero-order valence-corrected chi connectivity index (χ0v) is 13.2. The minimum Gasteiger partial charge on any atom is -0.427 e. The minimum atomic E-state index is -0.428. The highest BCUT2D eigenvalue weighted by molar-refractivity contribution is 8.14. The molecule has 21 heavy (non-hydrogen) atoms. The predicted molar refractivity (Wildman–Crippen MR) is 86.7 cm³/mol. The molecule has 110 valence electrons. The summed E-state index contributed by atoms with van der Waals surface area (Å²) in [5.41, 5.74) is 0.399. The number of carbonyl (C=O) groups is 2. The van der Waals surface area contributed by atoms with Crippen LogP contribution in [0.2, 0.25) is 0 Å². The molecule has 1 unspecified atom stereocenters. The van der Waals surface area contributed by atoms with E-state index in [1.165, 1.54) is 24.3 Å². The number of aromatic nitrogens is 1. The van der Waals surface area contributed by atoms with Gasteiger partial charge in [-0.25, -0.2) is 4.98 Å². The summed E-state index contributed by atoms with van der Waals surface area (Å²) in [4.78, 5) is 27.2. The zero-order valence-electron chi connectivity index (χ0n) is 11.6. The first kappa shape index (κ1) is 15.4. The van der Waals surface area contributed by atoms with Crippen molar-refractivity contribution in [3.8, 4) is 5.75 Å². The quantitative estimate of drug-likeness (QED) is 0.534. The summed E-state index contributed by atoms with van der Waals surface area (Å²) in [5.74, 6) is 3.54. The molecule has 1 atom stereocenters. The lowest BCUT2D eigenvalue weighted by atomic mass is 10.2. The Bertz CT molecular complexity index is 710. The third-order valence-corrected chi connectivity index (χ3v) is 5.01. The van der Waals surface area contributed by atoms with Crippen molar-refractivity contribution in [2.24, 2.45) is 0 Å². The lowest BCUT2D eigenvalue weighted by Crippen LogP contribution is -2.12. The molecule has 2 rings (SSSR count). The van der Waals surface area contributed by atoms with Gasteiger partial charge in [-0.15, -0.1) is 0 Å². The molecule has 0 fully saturated rings. The van der Waals surface area contributed by atoms with Crippen LogP contribution in [0.3, 0.4) is 0 Å². The smallest absolute Gasteiger partial charge is 0.308 e. The lowest BCUT2D eigenvalue weighted by Gasteiger charge is -2.04. The van der Waals surface area contributed by atoms with Gasteiger partial charge in [-0.1, -0.05) is 23.3 Å². The first-order valence-electron chi connectivity index (χ1n) is 5.97. The molecule has 0 saturated carbocycles. The SMILES string of the molecule is C=S(C)c1cnc(NC(=O)c2cccc(OC(C)=O)c2)s1. The second-order valence-corrected chi connectivity index (χ2v) is 7.20. The number of nitrogens with one attached hydrogen (secondary N) is 1. The molecule has 0 bridgehead atoms. The fourth-order valence-electron chi connectivity index (χ4n) is 1.51. The summed E-state index contributed by atoms with van der Waals surface area (Å²) >= 11 is 1.40. The molecule has 0 saturated heterocycles. The van der Waals surface area contributed by atoms with E-state index in [9.17, 15) is 9.59 Å². The molecule has 1 aromatic carbocycles. The highest BCUT2D eigenvalue weighted by Gasteiger charge is 2.10. The van der Waals surface area contributed by atoms with E-state index in [0.29, 0.717) is 16.4 Å². The van der Waals surface area contributed by atoms with E-state index < -0.39 is 5.97 Å². The summed E-state index contributed by atoms with van der Waals surface area (Å²) in [5, 5.41) is 3.24. The highest BCUT2D eigenvalue weighted by Crippen LogP contribution is 2.30. The maximum atomic E-state index is 12.1. The van der Waals surface area contributed by atoms with Gasteiger partial charge < -0.3 is 4.74 Å². The predicted octanol–water partition coefficient (Wildman–Crippen LogP) is 3.01. The van der Waals surface area contributed by atoms with Crippen molar-refractivity contribution in [2.45, 2.75) is 11.1 Å². The van der Waals surface area contributed by atoms with Crippen LogP contribution in [0.1, 0.15) is 17.3 Å². The molecule has 0 aliphatic heterocycles. The van der Waals surface area contributed by atoms with E-state index in [1.807, 2.05) is 6.26 Å². The molecule has 0 radical (unpaired) electrons. The molecular formula is C14H14N2O3S2. The molecule has 0 aliphatic carbocycles. The molecule has 1 heterocycles. The Morgan fingerprint density at radius 3 is 2.81 bits per heavy atom. The monoisotopic (exact) mass is 322 g/mol. The van der Waals surface area contributed by atoms with Crippen LogP contribution in [0.15, 0.2) is 34.7 Å². The van der Waals surface area contributed by atoms with Crippen LogP contribution in [-0.4, -0.2) is 29.0 Å². The molecule has 5 nitrogen and oxygen atoms in total. The van der Waals surface area contributed by atoms with Gasteiger partial charge in [0.25, 0.3) is 5.91 Å². The van der Waals surface area contributed by atoms with E-state index >= 15 is 0 Å². The van der Waals surface area contributed by atoms with Crippen LogP contribution < -0.4 is 10.1 Å². The Hall–Kier alpha value is -1.99. The number of thiazole rings is 1. The van der Waals surface area contributed by atoms with Gasteiger partial charge >= 0.3 is 5.97 Å². The average Bonchev–Trinajstić information content (AvgIpc) is 2.87. The molecule has 7 heteroatoms. The fourth-order valence-corrected chi connectivity index (χ4v) is 3.10. The van der Waals surface area contributed by atoms with Crippen molar-refractivity contribution in [1.29, 1.82) is 0 Å². The number of ether oxygens (including phenoxy) is 1. The highest BCUT2D eigenvalue weighted by atomic mass is 32.2. The number of nitrogens with zero attached hydrogens (tertiary/aromatic N) is 1. The number of amides is 1. The molecule has 1 amide bonds. The Morgan fingerprint density at radius 2 is 2.19 bits per heavy atom. The van der Waals surface area contributed by atoms with E-state index in [0.717, 1.165) is 4.21 Å². The van der Waals surface area contributed by atoms with Gasteiger partial charge in [0.1, 0.15) is 5.75 Å². The summed E-state index contributed by atoms with van der Waals surface area (Å²) in [6.07, 6.45) is 3.70. The molecule has 1 N–H and O–H groups in total. The Morgan fingerprint density at radius 1 is 1.43 bits per heavy atom. The summed E-state index contributed by atoms with van der Waals surface area (Å²) in [7, 11) is -0.131. The number of hydrogen-bond donors (Lipinski definition) is 1. The van der Waals surface area contributed by atoms with Gasteiger partial charge in [-0.2, -0.15) is 10.5 Å². The van der Waals surface area contributed by atoms with E-state index in [1.54, 1.807) is 24.4 Å². The number of rotatable bonds is 4. The zero-order chi connectivity index (χ0) is 15.4. The molecule has 2 aromatic rings. The van der Waals surface area contributed by atoms with Gasteiger partial charge in [-0.3, -0.25) is 14.9 Å². The van der Waals surface area contributed by atoms with Crippen LogP contribution in [0.25, 0.3) is 0 Å². The number of anilines is 1. The number of benzene rings is 1. The van der Waals surface area contributed by atoms with Crippen LogP contribution in [0.5, 0.6) is 5.75 Å². The van der Waals surface area contributed by atoms with Gasteiger partial charge in [0, 0.05) is 12.5 Å². The second kappa shape index (κ2) is 6.64. The summed E-state index contributed by atoms with van der Waals surface area (Å²) in [6.45, 7) is 1.31. The first-order chi connectivity index (χ1) is 9.95. The van der Waals surface area contributed by atoms with E-state index in [4.69, 9.17) is 4.74 Å². The normalized spacial score (nSPS) is 11.7. The van der Waals surface area contributed by atoms with Gasteiger partial charge in [0.05, 0.1) is 10.4 Å². The van der Waals surface area contributed by atoms with E-state index in [2.05, 4.69) is 16.2 Å². The molecule has 0 spiro atoms. The van der Waals surface area contributed by atoms with Crippen LogP contribution in [-0.2, 0) is 4.79 Å². The lowest BCUT2D eigenvalue weighted by molar-refractivity contribution is -0.131. The molecular weight excluding hydrogens is 308 g/mol. The van der Waals surface area contributed by atoms with Gasteiger partial charge in [0.2, 0.25) is 0 Å². The van der Waals surface area contributed by atoms with Gasteiger partial charge in [-0.05, 0) is 24.5 Å². The van der Waals surface area contributed by atoms with Gasteiger partial charge in [0.15, 0.2) is 5.13 Å². The van der Waals surface area contributed by atoms with Crippen molar-refractivity contribution in [3.63, 3.8) is 0 Å². The van der Waals surface area contributed by atoms with Crippen molar-refractivity contribution in [3.05, 3.63) is 36.0 Å². The number of carbonyl (C=O) groups excluding carboxylic acids is 2. The molecule has 0 aliphatic rings. The Kier molecular flexibility index (Phi) is 4.87. The average molecular weight is 322 g/mol. The van der Waals surface area contributed by atoms with Crippen LogP contribution in [0, 0.1) is 0 Å². The van der Waals surface area contributed by atoms with Crippen molar-refractivity contribution in [1.82, 2.24) is 4.98 Å². The standard InChI is InChI=1S/C14H14N2O3S2/c1-9(17)19-11-6-4-5-10(7-11)13(18)16-14-15-8-12(20-14)21(2)3/h4-8H,2H2,1,3H3,(H,15,16,18). The third-order valence-electron chi connectivity index (χ3n) is 2.41. The fraction of sp³-hybridized carbons (Fsp3) is 0.143. The van der Waals surface area contributed by atoms with Crippen molar-refractivity contribution >= 4 is 44.7 Å². The van der Waals surface area contributed by atoms with Crippen molar-refractivity contribution in [2.75, 3.05) is 11.6 Å². The third kappa shape index (κ3) is 4.24. The Balaban J connectivity index is 2.12. The van der Waals surface area contributed by atoms with Crippen molar-refractivity contribution < 1.29 is 14.3 Å². The van der Waals surface area contributed by atoms with Crippen LogP contribution >= 0.6 is 21.8 Å². The topological polar surface area (TPSA) is 68.3 Å². The number of esters is 1. The maximum Gasteiger partial charge on any atom is 0.308 e. The first-order valence-corrected chi connectivity index (χ1v) is 8.59. The molecule has 1 aromatic heterocycles. The minimum absolute atomic E-state index is 0.131. The van der Waals surface area contributed by atoms with Crippen LogP contribution in [0.4, 0.5) is 5.13 Å². The summed E-state index contributed by atoms with van der Waals surface area (Å²) in [6, 6.07) is 6.42.